The van der Waals surface area contributed by atoms with E-state index >= 15 is 0 Å². The Labute approximate surface area is 148 Å². The number of nitrogens with one attached hydrogen (secondary N) is 1. The summed E-state index contributed by atoms with van der Waals surface area (Å²) < 4.78 is 2.71. The molecular formula is C17H18BrN5O. The fourth-order valence-corrected chi connectivity index (χ4v) is 2.67. The van der Waals surface area contributed by atoms with Crippen molar-refractivity contribution in [1.29, 1.82) is 0 Å². The second-order valence-corrected chi connectivity index (χ2v) is 6.46. The van der Waals surface area contributed by atoms with Gasteiger partial charge in [-0.1, -0.05) is 28.1 Å². The van der Waals surface area contributed by atoms with Crippen molar-refractivity contribution in [3.8, 4) is 0 Å². The summed E-state index contributed by atoms with van der Waals surface area (Å²) >= 11 is 3.41. The summed E-state index contributed by atoms with van der Waals surface area (Å²) in [6.45, 7) is 0.661. The lowest BCUT2D eigenvalue weighted by molar-refractivity contribution is -0.121. The molecule has 3 aromatic rings. The van der Waals surface area contributed by atoms with E-state index in [1.54, 1.807) is 10.7 Å². The number of hydrogen-bond donors (Lipinski definition) is 1. The SMILES string of the molecule is O=C(CCc1ccc(Br)cc1)NCCCc1cnc2ncnn2c1. The van der Waals surface area contributed by atoms with Gasteiger partial charge in [-0.3, -0.25) is 4.79 Å². The van der Waals surface area contributed by atoms with Crippen molar-refractivity contribution in [3.63, 3.8) is 0 Å². The number of benzene rings is 1. The molecule has 1 amide bonds. The molecule has 1 N–H and O–H groups in total. The normalized spacial score (nSPS) is 10.9. The molecule has 0 saturated carbocycles. The zero-order chi connectivity index (χ0) is 16.8. The Balaban J connectivity index is 1.36. The van der Waals surface area contributed by atoms with Crippen LogP contribution in [0.25, 0.3) is 5.78 Å². The molecule has 0 saturated heterocycles. The monoisotopic (exact) mass is 387 g/mol. The number of halogens is 1. The highest BCUT2D eigenvalue weighted by Crippen LogP contribution is 2.11. The van der Waals surface area contributed by atoms with Crippen molar-refractivity contribution < 1.29 is 4.79 Å². The predicted molar refractivity (Wildman–Crippen MR) is 94.6 cm³/mol. The van der Waals surface area contributed by atoms with Crippen molar-refractivity contribution in [2.45, 2.75) is 25.7 Å². The molecule has 0 bridgehead atoms. The second kappa shape index (κ2) is 8.01. The smallest absolute Gasteiger partial charge is 0.252 e. The number of carbonyl (C=O) groups excluding carboxylic acids is 1. The van der Waals surface area contributed by atoms with Crippen LogP contribution in [0.3, 0.4) is 0 Å². The van der Waals surface area contributed by atoms with Gasteiger partial charge in [0.2, 0.25) is 5.91 Å². The maximum atomic E-state index is 11.9. The average molecular weight is 388 g/mol. The van der Waals surface area contributed by atoms with Gasteiger partial charge in [-0.25, -0.2) is 9.50 Å². The second-order valence-electron chi connectivity index (χ2n) is 5.55. The first-order chi connectivity index (χ1) is 11.7. The van der Waals surface area contributed by atoms with Gasteiger partial charge in [0.05, 0.1) is 0 Å². The van der Waals surface area contributed by atoms with Crippen molar-refractivity contribution in [3.05, 3.63) is 58.6 Å². The van der Waals surface area contributed by atoms with E-state index in [4.69, 9.17) is 0 Å². The van der Waals surface area contributed by atoms with Crippen LogP contribution in [0.4, 0.5) is 0 Å². The summed E-state index contributed by atoms with van der Waals surface area (Å²) in [4.78, 5) is 20.1. The van der Waals surface area contributed by atoms with E-state index < -0.39 is 0 Å². The number of fused-ring (bicyclic) bond motifs is 1. The fraction of sp³-hybridized carbons (Fsp3) is 0.294. The van der Waals surface area contributed by atoms with Gasteiger partial charge in [0, 0.05) is 29.8 Å². The number of hydrogen-bond acceptors (Lipinski definition) is 4. The Hall–Kier alpha value is -2.28. The lowest BCUT2D eigenvalue weighted by Gasteiger charge is -2.06. The van der Waals surface area contributed by atoms with Gasteiger partial charge in [0.15, 0.2) is 0 Å². The molecule has 2 heterocycles. The van der Waals surface area contributed by atoms with Crippen LogP contribution >= 0.6 is 15.9 Å². The Morgan fingerprint density at radius 1 is 1.12 bits per heavy atom. The van der Waals surface area contributed by atoms with Crippen molar-refractivity contribution in [1.82, 2.24) is 24.9 Å². The number of carbonyl (C=O) groups is 1. The minimum absolute atomic E-state index is 0.0859. The van der Waals surface area contributed by atoms with Crippen LogP contribution in [0.1, 0.15) is 24.0 Å². The van der Waals surface area contributed by atoms with E-state index in [0.717, 1.165) is 29.3 Å². The zero-order valence-electron chi connectivity index (χ0n) is 13.2. The summed E-state index contributed by atoms with van der Waals surface area (Å²) in [6.07, 6.45) is 8.18. The molecule has 0 aliphatic carbocycles. The van der Waals surface area contributed by atoms with Crippen molar-refractivity contribution >= 4 is 27.6 Å². The Kier molecular flexibility index (Phi) is 5.53. The van der Waals surface area contributed by atoms with E-state index in [1.165, 1.54) is 11.9 Å². The molecule has 7 heteroatoms. The lowest BCUT2D eigenvalue weighted by Crippen LogP contribution is -2.25. The molecule has 0 fully saturated rings. The molecule has 3 rings (SSSR count). The summed E-state index contributed by atoms with van der Waals surface area (Å²) in [7, 11) is 0. The predicted octanol–water partition coefficient (Wildman–Crippen LogP) is 2.57. The molecule has 0 aliphatic heterocycles. The first-order valence-electron chi connectivity index (χ1n) is 7.86. The summed E-state index contributed by atoms with van der Waals surface area (Å²) in [5.41, 5.74) is 2.25. The molecule has 0 atom stereocenters. The molecule has 24 heavy (non-hydrogen) atoms. The molecule has 1 aromatic carbocycles. The van der Waals surface area contributed by atoms with Crippen molar-refractivity contribution in [2.24, 2.45) is 0 Å². The Morgan fingerprint density at radius 3 is 2.79 bits per heavy atom. The average Bonchev–Trinajstić information content (AvgIpc) is 3.06. The minimum Gasteiger partial charge on any atom is -0.356 e. The van der Waals surface area contributed by atoms with E-state index in [1.807, 2.05) is 30.5 Å². The molecule has 0 aliphatic rings. The number of rotatable bonds is 7. The van der Waals surface area contributed by atoms with Crippen LogP contribution in [0.2, 0.25) is 0 Å². The van der Waals surface area contributed by atoms with Crippen molar-refractivity contribution in [2.75, 3.05) is 6.54 Å². The molecule has 2 aromatic heterocycles. The summed E-state index contributed by atoms with van der Waals surface area (Å²) in [5.74, 6) is 0.683. The van der Waals surface area contributed by atoms with Crippen LogP contribution in [0, 0.1) is 0 Å². The van der Waals surface area contributed by atoms with Crippen LogP contribution in [0.5, 0.6) is 0 Å². The van der Waals surface area contributed by atoms with Gasteiger partial charge < -0.3 is 5.32 Å². The van der Waals surface area contributed by atoms with Gasteiger partial charge in [-0.2, -0.15) is 10.1 Å². The van der Waals surface area contributed by atoms with E-state index in [0.29, 0.717) is 18.7 Å². The first-order valence-corrected chi connectivity index (χ1v) is 8.65. The van der Waals surface area contributed by atoms with Crippen LogP contribution in [0.15, 0.2) is 47.5 Å². The molecule has 0 unspecified atom stereocenters. The standard InChI is InChI=1S/C17H18BrN5O/c18-15-6-3-13(4-7-15)5-8-16(24)19-9-1-2-14-10-20-17-21-12-22-23(17)11-14/h3-4,6-7,10-12H,1-2,5,8-9H2,(H,19,24). The van der Waals surface area contributed by atoms with Gasteiger partial charge in [0.1, 0.15) is 6.33 Å². The summed E-state index contributed by atoms with van der Waals surface area (Å²) in [5, 5.41) is 7.03. The number of aryl methyl sites for hydroxylation is 2. The summed E-state index contributed by atoms with van der Waals surface area (Å²) in [6, 6.07) is 8.05. The minimum atomic E-state index is 0.0859. The number of nitrogens with zero attached hydrogens (tertiary/aromatic N) is 4. The Morgan fingerprint density at radius 2 is 1.96 bits per heavy atom. The molecule has 0 spiro atoms. The zero-order valence-corrected chi connectivity index (χ0v) is 14.7. The Bertz CT molecular complexity index is 815. The van der Waals surface area contributed by atoms with Crippen LogP contribution in [-0.4, -0.2) is 32.0 Å². The van der Waals surface area contributed by atoms with Gasteiger partial charge in [-0.05, 0) is 42.5 Å². The highest BCUT2D eigenvalue weighted by molar-refractivity contribution is 9.10. The topological polar surface area (TPSA) is 72.2 Å². The van der Waals surface area contributed by atoms with Crippen LogP contribution in [-0.2, 0) is 17.6 Å². The van der Waals surface area contributed by atoms with Gasteiger partial charge in [-0.15, -0.1) is 0 Å². The maximum absolute atomic E-state index is 11.9. The van der Waals surface area contributed by atoms with Gasteiger partial charge >= 0.3 is 0 Å². The van der Waals surface area contributed by atoms with Crippen LogP contribution < -0.4 is 5.32 Å². The largest absolute Gasteiger partial charge is 0.356 e. The highest BCUT2D eigenvalue weighted by atomic mass is 79.9. The number of amides is 1. The highest BCUT2D eigenvalue weighted by Gasteiger charge is 2.03. The lowest BCUT2D eigenvalue weighted by atomic mass is 10.1. The quantitative estimate of drug-likeness (QED) is 0.632. The molecule has 124 valence electrons. The maximum Gasteiger partial charge on any atom is 0.252 e. The van der Waals surface area contributed by atoms with E-state index in [9.17, 15) is 4.79 Å². The first kappa shape index (κ1) is 16.6. The molecule has 6 nitrogen and oxygen atoms in total. The van der Waals surface area contributed by atoms with E-state index in [2.05, 4.69) is 36.3 Å². The number of aromatic nitrogens is 4. The third kappa shape index (κ3) is 4.61. The van der Waals surface area contributed by atoms with Gasteiger partial charge in [0.25, 0.3) is 5.78 Å². The fourth-order valence-electron chi connectivity index (χ4n) is 2.41. The van der Waals surface area contributed by atoms with E-state index in [-0.39, 0.29) is 5.91 Å². The molecular weight excluding hydrogens is 370 g/mol. The molecule has 0 radical (unpaired) electrons. The third-order valence-electron chi connectivity index (χ3n) is 3.71. The third-order valence-corrected chi connectivity index (χ3v) is 4.24.